The summed E-state index contributed by atoms with van der Waals surface area (Å²) in [5, 5.41) is 19.1. The van der Waals surface area contributed by atoms with Crippen LogP contribution in [-0.4, -0.2) is 28.9 Å². The third-order valence-corrected chi connectivity index (χ3v) is 2.95. The molecule has 0 aliphatic rings. The Morgan fingerprint density at radius 3 is 2.67 bits per heavy atom. The van der Waals surface area contributed by atoms with Crippen LogP contribution in [0.25, 0.3) is 0 Å². The summed E-state index contributed by atoms with van der Waals surface area (Å²) in [5.41, 5.74) is 0. The molecule has 1 aromatic heterocycles. The highest BCUT2D eigenvalue weighted by molar-refractivity contribution is 7.12. The van der Waals surface area contributed by atoms with Crippen molar-refractivity contribution >= 4 is 17.3 Å². The SMILES string of the molecule is CCOC(=O)C(O)C(O)c1ccc(C)s1. The molecular weight excluding hydrogens is 216 g/mol. The van der Waals surface area contributed by atoms with E-state index in [1.54, 1.807) is 13.0 Å². The summed E-state index contributed by atoms with van der Waals surface area (Å²) >= 11 is 1.34. The first-order valence-corrected chi connectivity index (χ1v) is 5.47. The van der Waals surface area contributed by atoms with Gasteiger partial charge in [0.1, 0.15) is 6.10 Å². The maximum Gasteiger partial charge on any atom is 0.338 e. The van der Waals surface area contributed by atoms with Crippen LogP contribution in [0.3, 0.4) is 0 Å². The number of carbonyl (C=O) groups is 1. The molecule has 0 fully saturated rings. The molecule has 2 N–H and O–H groups in total. The second-order valence-corrected chi connectivity index (χ2v) is 4.41. The lowest BCUT2D eigenvalue weighted by molar-refractivity contribution is -0.159. The van der Waals surface area contributed by atoms with Gasteiger partial charge in [0.05, 0.1) is 6.61 Å². The average Bonchev–Trinajstić information content (AvgIpc) is 2.63. The van der Waals surface area contributed by atoms with Crippen LogP contribution < -0.4 is 0 Å². The number of thiophene rings is 1. The quantitative estimate of drug-likeness (QED) is 0.758. The fraction of sp³-hybridized carbons (Fsp3) is 0.500. The van der Waals surface area contributed by atoms with Crippen molar-refractivity contribution in [3.05, 3.63) is 21.9 Å². The van der Waals surface area contributed by atoms with Crippen LogP contribution in [0.15, 0.2) is 12.1 Å². The van der Waals surface area contributed by atoms with Crippen molar-refractivity contribution in [2.45, 2.75) is 26.1 Å². The summed E-state index contributed by atoms with van der Waals surface area (Å²) in [4.78, 5) is 12.7. The van der Waals surface area contributed by atoms with Crippen molar-refractivity contribution in [2.24, 2.45) is 0 Å². The summed E-state index contributed by atoms with van der Waals surface area (Å²) in [5.74, 6) is -0.795. The largest absolute Gasteiger partial charge is 0.464 e. The number of carbonyl (C=O) groups excluding carboxylic acids is 1. The van der Waals surface area contributed by atoms with E-state index in [0.29, 0.717) is 4.88 Å². The molecular formula is C10H14O4S. The molecule has 84 valence electrons. The second kappa shape index (κ2) is 5.25. The molecule has 4 nitrogen and oxygen atoms in total. The van der Waals surface area contributed by atoms with E-state index in [0.717, 1.165) is 4.88 Å². The first-order valence-electron chi connectivity index (χ1n) is 4.65. The number of rotatable bonds is 4. The summed E-state index contributed by atoms with van der Waals surface area (Å²) in [6.45, 7) is 3.72. The minimum atomic E-state index is -1.51. The molecule has 0 saturated carbocycles. The molecule has 2 unspecified atom stereocenters. The molecule has 1 aromatic rings. The zero-order chi connectivity index (χ0) is 11.4. The fourth-order valence-corrected chi connectivity index (χ4v) is 2.02. The van der Waals surface area contributed by atoms with Gasteiger partial charge >= 0.3 is 5.97 Å². The van der Waals surface area contributed by atoms with Crippen molar-refractivity contribution in [1.82, 2.24) is 0 Å². The van der Waals surface area contributed by atoms with E-state index < -0.39 is 18.2 Å². The predicted octanol–water partition coefficient (Wildman–Crippen LogP) is 1.01. The summed E-state index contributed by atoms with van der Waals surface area (Å²) < 4.78 is 4.61. The van der Waals surface area contributed by atoms with Crippen LogP contribution in [0.4, 0.5) is 0 Å². The number of ether oxygens (including phenoxy) is 1. The van der Waals surface area contributed by atoms with Crippen LogP contribution in [0, 0.1) is 6.92 Å². The summed E-state index contributed by atoms with van der Waals surface area (Å²) in [6.07, 6.45) is -2.72. The Kier molecular flexibility index (Phi) is 4.26. The van der Waals surface area contributed by atoms with E-state index in [9.17, 15) is 15.0 Å². The topological polar surface area (TPSA) is 66.8 Å². The molecule has 1 rings (SSSR count). The summed E-state index contributed by atoms with van der Waals surface area (Å²) in [7, 11) is 0. The molecule has 0 aliphatic heterocycles. The third-order valence-electron chi connectivity index (χ3n) is 1.88. The van der Waals surface area contributed by atoms with Crippen molar-refractivity contribution in [3.8, 4) is 0 Å². The maximum atomic E-state index is 11.1. The highest BCUT2D eigenvalue weighted by Crippen LogP contribution is 2.25. The van der Waals surface area contributed by atoms with Gasteiger partial charge in [-0.25, -0.2) is 4.79 Å². The van der Waals surface area contributed by atoms with Crippen LogP contribution in [0.2, 0.25) is 0 Å². The van der Waals surface area contributed by atoms with Gasteiger partial charge in [0.15, 0.2) is 6.10 Å². The van der Waals surface area contributed by atoms with E-state index in [1.807, 2.05) is 13.0 Å². The fourth-order valence-electron chi connectivity index (χ4n) is 1.12. The normalized spacial score (nSPS) is 14.7. The van der Waals surface area contributed by atoms with Gasteiger partial charge in [0.25, 0.3) is 0 Å². The van der Waals surface area contributed by atoms with Crippen LogP contribution >= 0.6 is 11.3 Å². The molecule has 2 atom stereocenters. The number of hydrogen-bond donors (Lipinski definition) is 2. The number of aryl methyl sites for hydroxylation is 1. The molecule has 0 saturated heterocycles. The van der Waals surface area contributed by atoms with E-state index in [-0.39, 0.29) is 6.61 Å². The highest BCUT2D eigenvalue weighted by atomic mass is 32.1. The molecule has 15 heavy (non-hydrogen) atoms. The van der Waals surface area contributed by atoms with E-state index in [1.165, 1.54) is 11.3 Å². The highest BCUT2D eigenvalue weighted by Gasteiger charge is 2.27. The zero-order valence-electron chi connectivity index (χ0n) is 8.64. The van der Waals surface area contributed by atoms with Gasteiger partial charge < -0.3 is 14.9 Å². The zero-order valence-corrected chi connectivity index (χ0v) is 9.45. The Balaban J connectivity index is 2.67. The van der Waals surface area contributed by atoms with Crippen molar-refractivity contribution < 1.29 is 19.7 Å². The number of hydrogen-bond acceptors (Lipinski definition) is 5. The summed E-state index contributed by atoms with van der Waals surface area (Å²) in [6, 6.07) is 3.51. The smallest absolute Gasteiger partial charge is 0.338 e. The minimum Gasteiger partial charge on any atom is -0.464 e. The van der Waals surface area contributed by atoms with Gasteiger partial charge in [0, 0.05) is 9.75 Å². The molecule has 0 aromatic carbocycles. The Morgan fingerprint density at radius 1 is 1.53 bits per heavy atom. The lowest BCUT2D eigenvalue weighted by atomic mass is 10.2. The molecule has 5 heteroatoms. The maximum absolute atomic E-state index is 11.1. The van der Waals surface area contributed by atoms with Gasteiger partial charge in [-0.3, -0.25) is 0 Å². The van der Waals surface area contributed by atoms with Gasteiger partial charge in [-0.15, -0.1) is 11.3 Å². The molecule has 1 heterocycles. The van der Waals surface area contributed by atoms with Gasteiger partial charge in [-0.1, -0.05) is 0 Å². The van der Waals surface area contributed by atoms with Gasteiger partial charge in [0.2, 0.25) is 0 Å². The first kappa shape index (κ1) is 12.2. The van der Waals surface area contributed by atoms with Crippen LogP contribution in [-0.2, 0) is 9.53 Å². The first-order chi connectivity index (χ1) is 7.06. The molecule has 0 radical (unpaired) electrons. The van der Waals surface area contributed by atoms with Crippen LogP contribution in [0.1, 0.15) is 22.8 Å². The Morgan fingerprint density at radius 2 is 2.20 bits per heavy atom. The van der Waals surface area contributed by atoms with Crippen LogP contribution in [0.5, 0.6) is 0 Å². The Bertz CT molecular complexity index is 334. The molecule has 0 spiro atoms. The van der Waals surface area contributed by atoms with E-state index in [4.69, 9.17) is 0 Å². The molecule has 0 amide bonds. The Hall–Kier alpha value is -0.910. The number of aliphatic hydroxyl groups is 2. The molecule has 0 aliphatic carbocycles. The third kappa shape index (κ3) is 3.02. The monoisotopic (exact) mass is 230 g/mol. The van der Waals surface area contributed by atoms with Crippen molar-refractivity contribution in [3.63, 3.8) is 0 Å². The van der Waals surface area contributed by atoms with Gasteiger partial charge in [-0.2, -0.15) is 0 Å². The van der Waals surface area contributed by atoms with Crippen molar-refractivity contribution in [2.75, 3.05) is 6.61 Å². The van der Waals surface area contributed by atoms with E-state index >= 15 is 0 Å². The average molecular weight is 230 g/mol. The predicted molar refractivity (Wildman–Crippen MR) is 56.7 cm³/mol. The lowest BCUT2D eigenvalue weighted by Gasteiger charge is -2.14. The lowest BCUT2D eigenvalue weighted by Crippen LogP contribution is -2.29. The standard InChI is InChI=1S/C10H14O4S/c1-3-14-10(13)9(12)8(11)7-5-4-6(2)15-7/h4-5,8-9,11-12H,3H2,1-2H3. The number of aliphatic hydroxyl groups excluding tert-OH is 2. The minimum absolute atomic E-state index is 0.187. The second-order valence-electron chi connectivity index (χ2n) is 3.09. The van der Waals surface area contributed by atoms with Crippen molar-refractivity contribution in [1.29, 1.82) is 0 Å². The number of esters is 1. The Labute approximate surface area is 92.1 Å². The molecule has 0 bridgehead atoms. The van der Waals surface area contributed by atoms with Gasteiger partial charge in [-0.05, 0) is 26.0 Å². The van der Waals surface area contributed by atoms with E-state index in [2.05, 4.69) is 4.74 Å².